The number of piperazine rings is 1. The molecule has 1 aliphatic rings. The van der Waals surface area contributed by atoms with Crippen molar-refractivity contribution in [2.24, 2.45) is 0 Å². The summed E-state index contributed by atoms with van der Waals surface area (Å²) in [5, 5.41) is 6.17. The van der Waals surface area contributed by atoms with Crippen molar-refractivity contribution in [1.29, 1.82) is 0 Å². The molecular formula is C13H16ClN3O2. The molecule has 1 fully saturated rings. The van der Waals surface area contributed by atoms with Gasteiger partial charge in [-0.2, -0.15) is 0 Å². The number of carbonyl (C=O) groups excluding carboxylic acids is 2. The van der Waals surface area contributed by atoms with E-state index in [-0.39, 0.29) is 18.5 Å². The molecular weight excluding hydrogens is 266 g/mol. The maximum atomic E-state index is 11.9. The van der Waals surface area contributed by atoms with E-state index in [1.165, 1.54) is 4.90 Å². The van der Waals surface area contributed by atoms with E-state index in [0.29, 0.717) is 24.7 Å². The number of rotatable bonds is 2. The normalized spacial score (nSPS) is 15.1. The first-order valence-electron chi connectivity index (χ1n) is 6.11. The zero-order valence-electron chi connectivity index (χ0n) is 10.7. The number of nitrogens with zero attached hydrogens (tertiary/aromatic N) is 1. The largest absolute Gasteiger partial charge is 0.353 e. The van der Waals surface area contributed by atoms with Crippen molar-refractivity contribution in [3.05, 3.63) is 34.3 Å². The molecule has 0 bridgehead atoms. The molecule has 1 aromatic carbocycles. The van der Waals surface area contributed by atoms with Gasteiger partial charge in [-0.15, -0.1) is 0 Å². The van der Waals surface area contributed by atoms with Gasteiger partial charge in [0.05, 0.1) is 0 Å². The van der Waals surface area contributed by atoms with Crippen molar-refractivity contribution in [1.82, 2.24) is 15.5 Å². The minimum atomic E-state index is -0.228. The van der Waals surface area contributed by atoms with Crippen LogP contribution in [0.5, 0.6) is 0 Å². The van der Waals surface area contributed by atoms with E-state index in [9.17, 15) is 9.59 Å². The Morgan fingerprint density at radius 1 is 1.53 bits per heavy atom. The van der Waals surface area contributed by atoms with Gasteiger partial charge in [0.1, 0.15) is 6.54 Å². The Balaban J connectivity index is 1.93. The third-order valence-electron chi connectivity index (χ3n) is 3.14. The summed E-state index contributed by atoms with van der Waals surface area (Å²) in [6.07, 6.45) is 0. The summed E-state index contributed by atoms with van der Waals surface area (Å²) in [5.41, 5.74) is 1.93. The molecule has 0 spiro atoms. The number of hydrogen-bond acceptors (Lipinski definition) is 2. The Kier molecular flexibility index (Phi) is 4.27. The highest BCUT2D eigenvalue weighted by atomic mass is 35.5. The lowest BCUT2D eigenvalue weighted by molar-refractivity contribution is -0.123. The third kappa shape index (κ3) is 3.38. The minimum absolute atomic E-state index is 0.111. The van der Waals surface area contributed by atoms with Gasteiger partial charge in [0, 0.05) is 24.7 Å². The van der Waals surface area contributed by atoms with Crippen molar-refractivity contribution >= 4 is 23.5 Å². The predicted octanol–water partition coefficient (Wildman–Crippen LogP) is 1.29. The van der Waals surface area contributed by atoms with E-state index in [4.69, 9.17) is 11.6 Å². The van der Waals surface area contributed by atoms with Gasteiger partial charge in [-0.1, -0.05) is 23.7 Å². The van der Waals surface area contributed by atoms with Crippen molar-refractivity contribution in [3.63, 3.8) is 0 Å². The topological polar surface area (TPSA) is 61.4 Å². The molecule has 0 radical (unpaired) electrons. The van der Waals surface area contributed by atoms with Crippen molar-refractivity contribution in [3.8, 4) is 0 Å². The molecule has 0 aromatic heterocycles. The second-order valence-corrected chi connectivity index (χ2v) is 4.86. The number of halogens is 1. The van der Waals surface area contributed by atoms with E-state index in [1.54, 1.807) is 0 Å². The molecule has 0 saturated carbocycles. The van der Waals surface area contributed by atoms with E-state index >= 15 is 0 Å². The molecule has 6 heteroatoms. The van der Waals surface area contributed by atoms with Crippen molar-refractivity contribution < 1.29 is 9.59 Å². The molecule has 2 N–H and O–H groups in total. The Morgan fingerprint density at radius 3 is 3.05 bits per heavy atom. The maximum absolute atomic E-state index is 11.9. The van der Waals surface area contributed by atoms with Gasteiger partial charge in [-0.25, -0.2) is 4.79 Å². The van der Waals surface area contributed by atoms with Crippen LogP contribution in [0, 0.1) is 6.92 Å². The quantitative estimate of drug-likeness (QED) is 0.858. The first-order valence-corrected chi connectivity index (χ1v) is 6.49. The summed E-state index contributed by atoms with van der Waals surface area (Å²) in [7, 11) is 0. The Morgan fingerprint density at radius 2 is 2.32 bits per heavy atom. The summed E-state index contributed by atoms with van der Waals surface area (Å²) < 4.78 is 0. The molecule has 102 valence electrons. The van der Waals surface area contributed by atoms with Crippen LogP contribution in [-0.2, 0) is 11.3 Å². The van der Waals surface area contributed by atoms with Gasteiger partial charge in [0.15, 0.2) is 0 Å². The third-order valence-corrected chi connectivity index (χ3v) is 3.54. The summed E-state index contributed by atoms with van der Waals surface area (Å²) in [6, 6.07) is 5.36. The monoisotopic (exact) mass is 281 g/mol. The zero-order valence-corrected chi connectivity index (χ0v) is 11.5. The number of amides is 3. The van der Waals surface area contributed by atoms with Gasteiger partial charge in [-0.3, -0.25) is 4.79 Å². The highest BCUT2D eigenvalue weighted by molar-refractivity contribution is 6.31. The average molecular weight is 282 g/mol. The number of benzene rings is 1. The first-order chi connectivity index (χ1) is 9.08. The van der Waals surface area contributed by atoms with E-state index in [1.807, 2.05) is 25.1 Å². The number of hydrogen-bond donors (Lipinski definition) is 2. The number of nitrogens with one attached hydrogen (secondary N) is 2. The van der Waals surface area contributed by atoms with E-state index in [2.05, 4.69) is 10.6 Å². The molecule has 19 heavy (non-hydrogen) atoms. The molecule has 1 aliphatic heterocycles. The van der Waals surface area contributed by atoms with Crippen LogP contribution in [0.2, 0.25) is 5.02 Å². The highest BCUT2D eigenvalue weighted by Gasteiger charge is 2.20. The van der Waals surface area contributed by atoms with Crippen LogP contribution >= 0.6 is 11.6 Å². The average Bonchev–Trinajstić information content (AvgIpc) is 2.40. The molecule has 1 aromatic rings. The SMILES string of the molecule is Cc1c(Cl)cccc1CNC(=O)N1CCNC(=O)C1. The fourth-order valence-corrected chi connectivity index (χ4v) is 2.13. The Labute approximate surface area is 116 Å². The van der Waals surface area contributed by atoms with Crippen molar-refractivity contribution in [2.45, 2.75) is 13.5 Å². The summed E-state index contributed by atoms with van der Waals surface area (Å²) >= 11 is 6.02. The van der Waals surface area contributed by atoms with Gasteiger partial charge < -0.3 is 15.5 Å². The molecule has 3 amide bonds. The summed E-state index contributed by atoms with van der Waals surface area (Å²) in [6.45, 7) is 3.47. The van der Waals surface area contributed by atoms with Gasteiger partial charge >= 0.3 is 6.03 Å². The summed E-state index contributed by atoms with van der Waals surface area (Å²) in [5.74, 6) is -0.125. The predicted molar refractivity (Wildman–Crippen MR) is 73.0 cm³/mol. The van der Waals surface area contributed by atoms with Gasteiger partial charge in [0.25, 0.3) is 0 Å². The minimum Gasteiger partial charge on any atom is -0.353 e. The maximum Gasteiger partial charge on any atom is 0.318 e. The van der Waals surface area contributed by atoms with Crippen LogP contribution in [0.4, 0.5) is 4.79 Å². The second kappa shape index (κ2) is 5.93. The van der Waals surface area contributed by atoms with Crippen LogP contribution in [0.3, 0.4) is 0 Å². The number of carbonyl (C=O) groups is 2. The fourth-order valence-electron chi connectivity index (χ4n) is 1.94. The standard InChI is InChI=1S/C13H16ClN3O2/c1-9-10(3-2-4-11(9)14)7-16-13(19)17-6-5-15-12(18)8-17/h2-4H,5-8H2,1H3,(H,15,18)(H,16,19). The fraction of sp³-hybridized carbons (Fsp3) is 0.385. The van der Waals surface area contributed by atoms with Crippen LogP contribution in [0.1, 0.15) is 11.1 Å². The molecule has 1 heterocycles. The summed E-state index contributed by atoms with van der Waals surface area (Å²) in [4.78, 5) is 24.6. The number of urea groups is 1. The lowest BCUT2D eigenvalue weighted by Crippen LogP contribution is -2.52. The zero-order chi connectivity index (χ0) is 13.8. The molecule has 5 nitrogen and oxygen atoms in total. The molecule has 2 rings (SSSR count). The van der Waals surface area contributed by atoms with Gasteiger partial charge in [-0.05, 0) is 24.1 Å². The lowest BCUT2D eigenvalue weighted by Gasteiger charge is -2.26. The van der Waals surface area contributed by atoms with Gasteiger partial charge in [0.2, 0.25) is 5.91 Å². The molecule has 1 saturated heterocycles. The molecule has 0 atom stereocenters. The highest BCUT2D eigenvalue weighted by Crippen LogP contribution is 2.18. The van der Waals surface area contributed by atoms with Crippen LogP contribution in [0.25, 0.3) is 0 Å². The van der Waals surface area contributed by atoms with Crippen LogP contribution in [0.15, 0.2) is 18.2 Å². The second-order valence-electron chi connectivity index (χ2n) is 4.45. The lowest BCUT2D eigenvalue weighted by atomic mass is 10.1. The van der Waals surface area contributed by atoms with E-state index in [0.717, 1.165) is 11.1 Å². The smallest absolute Gasteiger partial charge is 0.318 e. The van der Waals surface area contributed by atoms with E-state index < -0.39 is 0 Å². The van der Waals surface area contributed by atoms with Crippen molar-refractivity contribution in [2.75, 3.05) is 19.6 Å². The van der Waals surface area contributed by atoms with Crippen LogP contribution in [-0.4, -0.2) is 36.5 Å². The Hall–Kier alpha value is -1.75. The van der Waals surface area contributed by atoms with Crippen LogP contribution < -0.4 is 10.6 Å². The molecule has 0 unspecified atom stereocenters. The molecule has 0 aliphatic carbocycles. The Bertz CT molecular complexity index is 505. The first kappa shape index (κ1) is 13.7.